The molecule has 0 aliphatic carbocycles. The van der Waals surface area contributed by atoms with E-state index < -0.39 is 0 Å². The van der Waals surface area contributed by atoms with E-state index in [4.69, 9.17) is 0 Å². The van der Waals surface area contributed by atoms with Crippen LogP contribution in [0.5, 0.6) is 0 Å². The number of thiophene rings is 2. The summed E-state index contributed by atoms with van der Waals surface area (Å²) in [6.07, 6.45) is 0. The van der Waals surface area contributed by atoms with Crippen LogP contribution in [0.3, 0.4) is 0 Å². The summed E-state index contributed by atoms with van der Waals surface area (Å²) in [5, 5.41) is 2.24. The minimum atomic E-state index is 1.39. The van der Waals surface area contributed by atoms with Gasteiger partial charge in [0, 0.05) is 14.6 Å². The summed E-state index contributed by atoms with van der Waals surface area (Å²) in [6.45, 7) is 6.54. The van der Waals surface area contributed by atoms with Gasteiger partial charge in [0.25, 0.3) is 0 Å². The van der Waals surface area contributed by atoms with Crippen LogP contribution < -0.4 is 0 Å². The van der Waals surface area contributed by atoms with E-state index in [0.29, 0.717) is 0 Å². The van der Waals surface area contributed by atoms with Crippen molar-refractivity contribution in [3.05, 3.63) is 33.5 Å². The fourth-order valence-electron chi connectivity index (χ4n) is 1.30. The minimum Gasteiger partial charge on any atom is -0.142 e. The van der Waals surface area contributed by atoms with Crippen LogP contribution >= 0.6 is 22.7 Å². The van der Waals surface area contributed by atoms with E-state index in [1.54, 1.807) is 0 Å². The molecule has 0 aliphatic heterocycles. The largest absolute Gasteiger partial charge is 0.142 e. The Morgan fingerprint density at radius 3 is 2.31 bits per heavy atom. The maximum atomic E-state index is 2.24. The Balaban J connectivity index is 2.52. The molecule has 0 amide bonds. The first-order chi connectivity index (χ1) is 6.18. The van der Waals surface area contributed by atoms with Crippen LogP contribution in [-0.4, -0.2) is 0 Å². The Kier molecular flexibility index (Phi) is 2.26. The lowest BCUT2D eigenvalue weighted by Gasteiger charge is -1.94. The van der Waals surface area contributed by atoms with Crippen LogP contribution in [0.25, 0.3) is 9.75 Å². The second-order valence-corrected chi connectivity index (χ2v) is 5.45. The van der Waals surface area contributed by atoms with Crippen molar-refractivity contribution in [2.75, 3.05) is 0 Å². The van der Waals surface area contributed by atoms with E-state index >= 15 is 0 Å². The van der Waals surface area contributed by atoms with Gasteiger partial charge in [-0.1, -0.05) is 0 Å². The molecule has 0 aromatic carbocycles. The topological polar surface area (TPSA) is 0 Å². The van der Waals surface area contributed by atoms with Crippen molar-refractivity contribution in [2.45, 2.75) is 20.8 Å². The van der Waals surface area contributed by atoms with Crippen molar-refractivity contribution in [3.8, 4) is 9.75 Å². The highest BCUT2D eigenvalue weighted by molar-refractivity contribution is 7.21. The molecule has 2 heteroatoms. The lowest BCUT2D eigenvalue weighted by atomic mass is 10.2. The van der Waals surface area contributed by atoms with Gasteiger partial charge in [0.2, 0.25) is 0 Å². The smallest absolute Gasteiger partial charge is 0.0474 e. The number of hydrogen-bond donors (Lipinski definition) is 0. The van der Waals surface area contributed by atoms with Gasteiger partial charge < -0.3 is 0 Å². The van der Waals surface area contributed by atoms with Gasteiger partial charge in [0.15, 0.2) is 0 Å². The highest BCUT2D eigenvalue weighted by Crippen LogP contribution is 2.35. The predicted octanol–water partition coefficient (Wildman–Crippen LogP) is 4.40. The molecule has 2 rings (SSSR count). The fourth-order valence-corrected chi connectivity index (χ4v) is 3.43. The van der Waals surface area contributed by atoms with Gasteiger partial charge in [-0.3, -0.25) is 0 Å². The number of aryl methyl sites for hydroxylation is 2. The van der Waals surface area contributed by atoms with Gasteiger partial charge in [0.05, 0.1) is 0 Å². The Hall–Kier alpha value is -0.600. The molecule has 0 fully saturated rings. The highest BCUT2D eigenvalue weighted by atomic mass is 32.1. The molecule has 0 aliphatic rings. The van der Waals surface area contributed by atoms with Crippen molar-refractivity contribution >= 4 is 22.7 Å². The highest BCUT2D eigenvalue weighted by Gasteiger charge is 2.07. The quantitative estimate of drug-likeness (QED) is 0.651. The summed E-state index contributed by atoms with van der Waals surface area (Å²) < 4.78 is 0. The van der Waals surface area contributed by atoms with Crippen LogP contribution in [0.1, 0.15) is 16.0 Å². The molecule has 2 aromatic rings. The van der Waals surface area contributed by atoms with E-state index in [1.807, 2.05) is 22.7 Å². The van der Waals surface area contributed by atoms with Gasteiger partial charge in [-0.05, 0) is 49.4 Å². The second kappa shape index (κ2) is 3.28. The first kappa shape index (κ1) is 8.97. The van der Waals surface area contributed by atoms with Crippen molar-refractivity contribution in [2.24, 2.45) is 0 Å². The molecular weight excluding hydrogens is 196 g/mol. The Morgan fingerprint density at radius 1 is 1.08 bits per heavy atom. The van der Waals surface area contributed by atoms with E-state index in [2.05, 4.69) is 38.3 Å². The summed E-state index contributed by atoms with van der Waals surface area (Å²) in [7, 11) is 0. The second-order valence-electron chi connectivity index (χ2n) is 3.28. The molecule has 68 valence electrons. The number of hydrogen-bond acceptors (Lipinski definition) is 2. The maximum absolute atomic E-state index is 2.24. The molecule has 2 aromatic heterocycles. The van der Waals surface area contributed by atoms with E-state index in [-0.39, 0.29) is 0 Å². The van der Waals surface area contributed by atoms with E-state index in [0.717, 1.165) is 0 Å². The molecule has 0 bridgehead atoms. The summed E-state index contributed by atoms with van der Waals surface area (Å²) in [5.74, 6) is 0. The third-order valence-electron chi connectivity index (χ3n) is 2.25. The maximum Gasteiger partial charge on any atom is 0.0474 e. The average molecular weight is 208 g/mol. The fraction of sp³-hybridized carbons (Fsp3) is 0.273. The third-order valence-corrected chi connectivity index (χ3v) is 4.63. The molecule has 0 saturated heterocycles. The summed E-state index contributed by atoms with van der Waals surface area (Å²) in [4.78, 5) is 4.24. The lowest BCUT2D eigenvalue weighted by molar-refractivity contribution is 1.41. The van der Waals surface area contributed by atoms with Gasteiger partial charge in [-0.15, -0.1) is 22.7 Å². The summed E-state index contributed by atoms with van der Waals surface area (Å²) in [6, 6.07) is 4.41. The van der Waals surface area contributed by atoms with Gasteiger partial charge in [-0.25, -0.2) is 0 Å². The Labute approximate surface area is 86.9 Å². The number of rotatable bonds is 1. The average Bonchev–Trinajstić information content (AvgIpc) is 2.62. The molecule has 0 nitrogen and oxygen atoms in total. The Bertz CT molecular complexity index is 421. The van der Waals surface area contributed by atoms with Gasteiger partial charge in [-0.2, -0.15) is 0 Å². The molecule has 0 N–H and O–H groups in total. The molecule has 0 spiro atoms. The lowest BCUT2D eigenvalue weighted by Crippen LogP contribution is -1.72. The summed E-state index contributed by atoms with van der Waals surface area (Å²) in [5.41, 5.74) is 2.85. The van der Waals surface area contributed by atoms with Crippen molar-refractivity contribution in [1.29, 1.82) is 0 Å². The molecule has 0 unspecified atom stereocenters. The van der Waals surface area contributed by atoms with Crippen LogP contribution in [0.2, 0.25) is 0 Å². The Morgan fingerprint density at radius 2 is 1.85 bits per heavy atom. The zero-order valence-corrected chi connectivity index (χ0v) is 9.68. The van der Waals surface area contributed by atoms with Crippen molar-refractivity contribution in [1.82, 2.24) is 0 Å². The standard InChI is InChI=1S/C11H12S2/c1-7-6-12-11(9(7)3)10-5-4-8(2)13-10/h4-6H,1-3H3. The van der Waals surface area contributed by atoms with Gasteiger partial charge in [0.1, 0.15) is 0 Å². The molecule has 0 atom stereocenters. The zero-order chi connectivity index (χ0) is 9.42. The van der Waals surface area contributed by atoms with Crippen LogP contribution in [0, 0.1) is 20.8 Å². The van der Waals surface area contributed by atoms with Crippen LogP contribution in [0.4, 0.5) is 0 Å². The summed E-state index contributed by atoms with van der Waals surface area (Å²) >= 11 is 3.73. The van der Waals surface area contributed by atoms with Crippen LogP contribution in [-0.2, 0) is 0 Å². The normalized spacial score (nSPS) is 10.7. The van der Waals surface area contributed by atoms with Crippen molar-refractivity contribution < 1.29 is 0 Å². The zero-order valence-electron chi connectivity index (χ0n) is 8.05. The molecule has 2 heterocycles. The third kappa shape index (κ3) is 1.56. The first-order valence-corrected chi connectivity index (χ1v) is 5.99. The minimum absolute atomic E-state index is 1.39. The molecule has 0 radical (unpaired) electrons. The van der Waals surface area contributed by atoms with E-state index in [9.17, 15) is 0 Å². The van der Waals surface area contributed by atoms with Gasteiger partial charge >= 0.3 is 0 Å². The first-order valence-electron chi connectivity index (χ1n) is 4.30. The van der Waals surface area contributed by atoms with Crippen molar-refractivity contribution in [3.63, 3.8) is 0 Å². The SMILES string of the molecule is Cc1ccc(-c2scc(C)c2C)s1. The predicted molar refractivity (Wildman–Crippen MR) is 61.8 cm³/mol. The monoisotopic (exact) mass is 208 g/mol. The van der Waals surface area contributed by atoms with Crippen LogP contribution in [0.15, 0.2) is 17.5 Å². The molecule has 0 saturated carbocycles. The molecule has 13 heavy (non-hydrogen) atoms. The molecular formula is C11H12S2. The van der Waals surface area contributed by atoms with E-state index in [1.165, 1.54) is 25.8 Å².